The zero-order valence-electron chi connectivity index (χ0n) is 11.3. The number of rotatable bonds is 5. The van der Waals surface area contributed by atoms with Crippen LogP contribution in [0.2, 0.25) is 0 Å². The lowest BCUT2D eigenvalue weighted by Gasteiger charge is -2.33. The van der Waals surface area contributed by atoms with Gasteiger partial charge in [0.05, 0.1) is 19.3 Å². The minimum Gasteiger partial charge on any atom is -0.493 e. The highest BCUT2D eigenvalue weighted by Crippen LogP contribution is 2.47. The molecule has 1 aromatic rings. The highest BCUT2D eigenvalue weighted by Gasteiger charge is 2.41. The average Bonchev–Trinajstić information content (AvgIpc) is 2.97. The number of nitrogens with two attached hydrogens (primary N) is 1. The van der Waals surface area contributed by atoms with Crippen molar-refractivity contribution in [2.45, 2.75) is 44.0 Å². The Morgan fingerprint density at radius 1 is 1.72 bits per heavy atom. The molecule has 0 radical (unpaired) electrons. The summed E-state index contributed by atoms with van der Waals surface area (Å²) in [6, 6.07) is 0.0578. The zero-order valence-corrected chi connectivity index (χ0v) is 12.1. The van der Waals surface area contributed by atoms with Gasteiger partial charge in [-0.3, -0.25) is 10.5 Å². The van der Waals surface area contributed by atoms with E-state index in [0.29, 0.717) is 0 Å². The first-order valence-electron chi connectivity index (χ1n) is 6.36. The van der Waals surface area contributed by atoms with Crippen molar-refractivity contribution in [2.75, 3.05) is 12.9 Å². The molecular formula is C12H22N4OS. The first-order chi connectivity index (χ1) is 8.66. The molecule has 2 heterocycles. The fourth-order valence-electron chi connectivity index (χ4n) is 2.65. The van der Waals surface area contributed by atoms with E-state index in [2.05, 4.69) is 24.4 Å². The highest BCUT2D eigenvalue weighted by atomic mass is 32.2. The third-order valence-electron chi connectivity index (χ3n) is 3.66. The second-order valence-electron chi connectivity index (χ2n) is 4.78. The largest absolute Gasteiger partial charge is 0.493 e. The Kier molecular flexibility index (Phi) is 4.19. The van der Waals surface area contributed by atoms with E-state index in [1.54, 1.807) is 13.3 Å². The van der Waals surface area contributed by atoms with E-state index in [9.17, 15) is 0 Å². The number of hydrazine groups is 1. The maximum Gasteiger partial charge on any atom is 0.161 e. The van der Waals surface area contributed by atoms with Crippen molar-refractivity contribution in [3.05, 3.63) is 11.9 Å². The van der Waals surface area contributed by atoms with E-state index in [0.717, 1.165) is 24.4 Å². The minimum atomic E-state index is 0.0578. The summed E-state index contributed by atoms with van der Waals surface area (Å²) in [6.07, 6.45) is 4.17. The maximum atomic E-state index is 5.82. The molecule has 1 aliphatic rings. The molecule has 1 saturated heterocycles. The van der Waals surface area contributed by atoms with Crippen LogP contribution in [0, 0.1) is 0 Å². The van der Waals surface area contributed by atoms with E-state index in [4.69, 9.17) is 10.6 Å². The molecule has 2 rings (SSSR count). The minimum absolute atomic E-state index is 0.0578. The van der Waals surface area contributed by atoms with Crippen LogP contribution in [0.15, 0.2) is 6.20 Å². The van der Waals surface area contributed by atoms with Gasteiger partial charge in [0.15, 0.2) is 5.75 Å². The summed E-state index contributed by atoms with van der Waals surface area (Å²) in [5.74, 6) is 7.82. The van der Waals surface area contributed by atoms with Gasteiger partial charge in [0.1, 0.15) is 5.69 Å². The van der Waals surface area contributed by atoms with Gasteiger partial charge < -0.3 is 4.74 Å². The molecule has 102 valence electrons. The van der Waals surface area contributed by atoms with Gasteiger partial charge in [-0.1, -0.05) is 0 Å². The molecule has 0 spiro atoms. The van der Waals surface area contributed by atoms with Crippen LogP contribution in [0.4, 0.5) is 0 Å². The third kappa shape index (κ3) is 2.24. The van der Waals surface area contributed by atoms with Crippen LogP contribution in [0.25, 0.3) is 0 Å². The van der Waals surface area contributed by atoms with Gasteiger partial charge in [0.2, 0.25) is 0 Å². The van der Waals surface area contributed by atoms with Gasteiger partial charge in [-0.15, -0.1) is 0 Å². The van der Waals surface area contributed by atoms with Crippen molar-refractivity contribution >= 4 is 11.8 Å². The Balaban J connectivity index is 2.40. The Hall–Kier alpha value is -0.720. The molecule has 2 unspecified atom stereocenters. The van der Waals surface area contributed by atoms with Gasteiger partial charge in [-0.25, -0.2) is 5.43 Å². The lowest BCUT2D eigenvalue weighted by atomic mass is 9.93. The summed E-state index contributed by atoms with van der Waals surface area (Å²) in [5.41, 5.74) is 4.03. The number of aromatic nitrogens is 2. The number of thioether (sulfide) groups is 1. The van der Waals surface area contributed by atoms with E-state index in [1.807, 2.05) is 16.4 Å². The van der Waals surface area contributed by atoms with E-state index in [-0.39, 0.29) is 10.8 Å². The van der Waals surface area contributed by atoms with E-state index < -0.39 is 0 Å². The molecule has 0 aromatic carbocycles. The molecule has 0 saturated carbocycles. The summed E-state index contributed by atoms with van der Waals surface area (Å²) >= 11 is 1.97. The molecule has 0 bridgehead atoms. The number of hydrogen-bond donors (Lipinski definition) is 2. The highest BCUT2D eigenvalue weighted by molar-refractivity contribution is 8.00. The summed E-state index contributed by atoms with van der Waals surface area (Å²) in [5, 5.41) is 4.36. The van der Waals surface area contributed by atoms with Crippen LogP contribution in [-0.2, 0) is 6.54 Å². The van der Waals surface area contributed by atoms with Crippen molar-refractivity contribution in [1.29, 1.82) is 0 Å². The average molecular weight is 270 g/mol. The van der Waals surface area contributed by atoms with Gasteiger partial charge in [-0.05, 0) is 32.4 Å². The van der Waals surface area contributed by atoms with Gasteiger partial charge in [0.25, 0.3) is 0 Å². The molecule has 0 amide bonds. The van der Waals surface area contributed by atoms with Crippen LogP contribution in [-0.4, -0.2) is 27.4 Å². The summed E-state index contributed by atoms with van der Waals surface area (Å²) < 4.78 is 7.50. The summed E-state index contributed by atoms with van der Waals surface area (Å²) in [4.78, 5) is 0. The van der Waals surface area contributed by atoms with Gasteiger partial charge in [0, 0.05) is 11.3 Å². The normalized spacial score (nSPS) is 25.3. The SMILES string of the molecule is CCn1ncc(OC)c1C(NN)C1(C)CCCS1. The number of aryl methyl sites for hydroxylation is 1. The Labute approximate surface area is 112 Å². The molecule has 6 heteroatoms. The van der Waals surface area contributed by atoms with Gasteiger partial charge >= 0.3 is 0 Å². The first kappa shape index (κ1) is 13.7. The Morgan fingerprint density at radius 2 is 2.50 bits per heavy atom. The van der Waals surface area contributed by atoms with Crippen molar-refractivity contribution in [3.8, 4) is 5.75 Å². The van der Waals surface area contributed by atoms with Crippen LogP contribution >= 0.6 is 11.8 Å². The number of ether oxygens (including phenoxy) is 1. The van der Waals surface area contributed by atoms with Crippen molar-refractivity contribution < 1.29 is 4.74 Å². The van der Waals surface area contributed by atoms with Crippen LogP contribution < -0.4 is 16.0 Å². The third-order valence-corrected chi connectivity index (χ3v) is 5.26. The second kappa shape index (κ2) is 5.50. The summed E-state index contributed by atoms with van der Waals surface area (Å²) in [7, 11) is 1.68. The maximum absolute atomic E-state index is 5.82. The van der Waals surface area contributed by atoms with E-state index in [1.165, 1.54) is 12.2 Å². The van der Waals surface area contributed by atoms with Crippen LogP contribution in [0.1, 0.15) is 38.4 Å². The predicted octanol–water partition coefficient (Wildman–Crippen LogP) is 1.70. The number of hydrogen-bond acceptors (Lipinski definition) is 5. The Bertz CT molecular complexity index is 379. The molecular weight excluding hydrogens is 248 g/mol. The fraction of sp³-hybridized carbons (Fsp3) is 0.750. The fourth-order valence-corrected chi connectivity index (χ4v) is 4.04. The molecule has 1 fully saturated rings. The smallest absolute Gasteiger partial charge is 0.161 e. The van der Waals surface area contributed by atoms with Crippen molar-refractivity contribution in [1.82, 2.24) is 15.2 Å². The molecule has 1 aliphatic heterocycles. The molecule has 2 atom stereocenters. The second-order valence-corrected chi connectivity index (χ2v) is 6.41. The van der Waals surface area contributed by atoms with Crippen molar-refractivity contribution in [2.24, 2.45) is 5.84 Å². The summed E-state index contributed by atoms with van der Waals surface area (Å²) in [6.45, 7) is 5.16. The monoisotopic (exact) mass is 270 g/mol. The van der Waals surface area contributed by atoms with Crippen LogP contribution in [0.3, 0.4) is 0 Å². The number of nitrogens with one attached hydrogen (secondary N) is 1. The number of nitrogens with zero attached hydrogens (tertiary/aromatic N) is 2. The molecule has 18 heavy (non-hydrogen) atoms. The van der Waals surface area contributed by atoms with Crippen LogP contribution in [0.5, 0.6) is 5.75 Å². The zero-order chi connectivity index (χ0) is 13.2. The predicted molar refractivity (Wildman–Crippen MR) is 74.6 cm³/mol. The van der Waals surface area contributed by atoms with Crippen molar-refractivity contribution in [3.63, 3.8) is 0 Å². The molecule has 1 aromatic heterocycles. The number of methoxy groups -OCH3 is 1. The molecule has 0 aliphatic carbocycles. The van der Waals surface area contributed by atoms with E-state index >= 15 is 0 Å². The first-order valence-corrected chi connectivity index (χ1v) is 7.34. The van der Waals surface area contributed by atoms with Gasteiger partial charge in [-0.2, -0.15) is 16.9 Å². The quantitative estimate of drug-likeness (QED) is 0.630. The topological polar surface area (TPSA) is 65.1 Å². The Morgan fingerprint density at radius 3 is 3.00 bits per heavy atom. The molecule has 3 N–H and O–H groups in total. The lowest BCUT2D eigenvalue weighted by Crippen LogP contribution is -2.42. The standard InChI is InChI=1S/C12H22N4OS/c1-4-16-10(9(17-3)8-14-16)11(15-13)12(2)6-5-7-18-12/h8,11,15H,4-7,13H2,1-3H3. The lowest BCUT2D eigenvalue weighted by molar-refractivity contribution is 0.359. The molecule has 5 nitrogen and oxygen atoms in total.